The van der Waals surface area contributed by atoms with E-state index in [0.717, 1.165) is 16.8 Å². The smallest absolute Gasteiger partial charge is 0.338 e. The van der Waals surface area contributed by atoms with Crippen LogP contribution in [0.25, 0.3) is 11.1 Å². The van der Waals surface area contributed by atoms with Gasteiger partial charge in [-0.05, 0) is 55.3 Å². The Morgan fingerprint density at radius 3 is 2.61 bits per heavy atom. The molecule has 0 saturated carbocycles. The number of halogens is 1. The van der Waals surface area contributed by atoms with Crippen LogP contribution in [0.15, 0.2) is 48.5 Å². The molecule has 8 nitrogen and oxygen atoms in total. The number of nitrogens with zero attached hydrogens (tertiary/aromatic N) is 2. The van der Waals surface area contributed by atoms with Gasteiger partial charge in [-0.1, -0.05) is 30.7 Å². The number of carbonyl (C=O) groups is 3. The summed E-state index contributed by atoms with van der Waals surface area (Å²) in [7, 11) is 0. The Bertz CT molecular complexity index is 1220. The number of fused-ring (bicyclic) bond motifs is 1. The monoisotopic (exact) mass is 466 g/mol. The molecule has 2 N–H and O–H groups in total. The van der Waals surface area contributed by atoms with E-state index < -0.39 is 12.0 Å². The standard InChI is InChI=1S/C24H23ClN4O4/c1-3-18-21(15-6-5-7-16(25)12-15)22-27-23(31)19(29(22)28-18)13-20(30)26-17-10-8-14(9-11-17)24(32)33-4-2/h5-12,19H,3-4,13H2,1-2H3,(H,26,30)(H,27,31). The van der Waals surface area contributed by atoms with Crippen molar-refractivity contribution in [3.63, 3.8) is 0 Å². The van der Waals surface area contributed by atoms with Gasteiger partial charge in [0.2, 0.25) is 5.91 Å². The summed E-state index contributed by atoms with van der Waals surface area (Å²) in [5, 5.41) is 10.8. The third-order valence-corrected chi connectivity index (χ3v) is 5.56. The van der Waals surface area contributed by atoms with Crippen LogP contribution in [0.2, 0.25) is 5.02 Å². The normalized spacial score (nSPS) is 14.5. The zero-order chi connectivity index (χ0) is 23.5. The molecule has 4 rings (SSSR count). The molecular weight excluding hydrogens is 444 g/mol. The Morgan fingerprint density at radius 1 is 1.18 bits per heavy atom. The molecule has 2 aromatic carbocycles. The Morgan fingerprint density at radius 2 is 1.94 bits per heavy atom. The Hall–Kier alpha value is -3.65. The third-order valence-electron chi connectivity index (χ3n) is 5.33. The van der Waals surface area contributed by atoms with Crippen LogP contribution in [-0.4, -0.2) is 34.2 Å². The maximum absolute atomic E-state index is 12.7. The van der Waals surface area contributed by atoms with Crippen molar-refractivity contribution < 1.29 is 19.1 Å². The van der Waals surface area contributed by atoms with E-state index in [1.807, 2.05) is 25.1 Å². The maximum atomic E-state index is 12.7. The van der Waals surface area contributed by atoms with Gasteiger partial charge in [0.1, 0.15) is 11.9 Å². The van der Waals surface area contributed by atoms with Crippen molar-refractivity contribution in [2.75, 3.05) is 17.2 Å². The minimum atomic E-state index is -0.767. The lowest BCUT2D eigenvalue weighted by Gasteiger charge is -2.10. The zero-order valence-electron chi connectivity index (χ0n) is 18.2. The van der Waals surface area contributed by atoms with Crippen LogP contribution in [0.3, 0.4) is 0 Å². The molecule has 0 bridgehead atoms. The van der Waals surface area contributed by atoms with Crippen LogP contribution in [0.5, 0.6) is 0 Å². The fraction of sp³-hybridized carbons (Fsp3) is 0.250. The SMILES string of the molecule is CCOC(=O)c1ccc(NC(=O)CC2C(=O)Nc3c(-c4cccc(Cl)c4)c(CC)nn32)cc1. The number of hydrogen-bond acceptors (Lipinski definition) is 5. The highest BCUT2D eigenvalue weighted by Gasteiger charge is 2.36. The Labute approximate surface area is 195 Å². The zero-order valence-corrected chi connectivity index (χ0v) is 19.0. The van der Waals surface area contributed by atoms with Crippen molar-refractivity contribution in [3.8, 4) is 11.1 Å². The average molecular weight is 467 g/mol. The number of aromatic nitrogens is 2. The first-order valence-corrected chi connectivity index (χ1v) is 11.0. The van der Waals surface area contributed by atoms with Crippen LogP contribution in [-0.2, 0) is 20.7 Å². The predicted molar refractivity (Wildman–Crippen MR) is 125 cm³/mol. The first kappa shape index (κ1) is 22.5. The quantitative estimate of drug-likeness (QED) is 0.500. The maximum Gasteiger partial charge on any atom is 0.338 e. The van der Waals surface area contributed by atoms with Gasteiger partial charge in [0.15, 0.2) is 0 Å². The van der Waals surface area contributed by atoms with E-state index in [1.54, 1.807) is 41.9 Å². The van der Waals surface area contributed by atoms with Crippen LogP contribution < -0.4 is 10.6 Å². The number of rotatable bonds is 7. The molecule has 2 amide bonds. The van der Waals surface area contributed by atoms with Gasteiger partial charge in [0, 0.05) is 16.3 Å². The van der Waals surface area contributed by atoms with E-state index in [4.69, 9.17) is 16.3 Å². The first-order chi connectivity index (χ1) is 15.9. The van der Waals surface area contributed by atoms with Gasteiger partial charge in [-0.2, -0.15) is 5.10 Å². The highest BCUT2D eigenvalue weighted by atomic mass is 35.5. The van der Waals surface area contributed by atoms with Crippen LogP contribution in [0.1, 0.15) is 42.4 Å². The Balaban J connectivity index is 1.52. The molecule has 170 valence electrons. The molecule has 0 radical (unpaired) electrons. The molecule has 0 spiro atoms. The first-order valence-electron chi connectivity index (χ1n) is 10.7. The van der Waals surface area contributed by atoms with Gasteiger partial charge in [0.05, 0.1) is 24.3 Å². The van der Waals surface area contributed by atoms with E-state index in [1.165, 1.54) is 0 Å². The van der Waals surface area contributed by atoms with Gasteiger partial charge in [-0.3, -0.25) is 9.59 Å². The summed E-state index contributed by atoms with van der Waals surface area (Å²) in [4.78, 5) is 37.1. The molecule has 1 atom stereocenters. The summed E-state index contributed by atoms with van der Waals surface area (Å²) in [6.07, 6.45) is 0.571. The highest BCUT2D eigenvalue weighted by Crippen LogP contribution is 2.39. The summed E-state index contributed by atoms with van der Waals surface area (Å²) in [6.45, 7) is 4.00. The third kappa shape index (κ3) is 4.61. The van der Waals surface area contributed by atoms with Gasteiger partial charge < -0.3 is 15.4 Å². The van der Waals surface area contributed by atoms with E-state index in [2.05, 4.69) is 15.7 Å². The number of carbonyl (C=O) groups excluding carboxylic acids is 3. The second-order valence-corrected chi connectivity index (χ2v) is 7.97. The number of amides is 2. The van der Waals surface area contributed by atoms with E-state index in [-0.39, 0.29) is 24.8 Å². The summed E-state index contributed by atoms with van der Waals surface area (Å²) in [6, 6.07) is 13.0. The van der Waals surface area contributed by atoms with Crippen LogP contribution in [0, 0.1) is 0 Å². The van der Waals surface area contributed by atoms with Crippen molar-refractivity contribution in [1.82, 2.24) is 9.78 Å². The van der Waals surface area contributed by atoms with Crippen molar-refractivity contribution in [1.29, 1.82) is 0 Å². The molecule has 1 aromatic heterocycles. The van der Waals surface area contributed by atoms with Crippen molar-refractivity contribution in [3.05, 3.63) is 64.8 Å². The average Bonchev–Trinajstić information content (AvgIpc) is 3.29. The second kappa shape index (κ2) is 9.46. The molecule has 0 aliphatic carbocycles. The van der Waals surface area contributed by atoms with Gasteiger partial charge in [-0.15, -0.1) is 0 Å². The molecule has 3 aromatic rings. The molecule has 1 aliphatic rings. The fourth-order valence-corrected chi connectivity index (χ4v) is 3.99. The summed E-state index contributed by atoms with van der Waals surface area (Å²) < 4.78 is 6.54. The van der Waals surface area contributed by atoms with Crippen LogP contribution in [0.4, 0.5) is 11.5 Å². The number of benzene rings is 2. The van der Waals surface area contributed by atoms with Crippen molar-refractivity contribution in [2.24, 2.45) is 0 Å². The van der Waals surface area contributed by atoms with Gasteiger partial charge in [-0.25, -0.2) is 9.48 Å². The van der Waals surface area contributed by atoms with Gasteiger partial charge >= 0.3 is 5.97 Å². The molecule has 1 unspecified atom stereocenters. The lowest BCUT2D eigenvalue weighted by Crippen LogP contribution is -2.24. The van der Waals surface area contributed by atoms with E-state index in [0.29, 0.717) is 28.5 Å². The number of ether oxygens (including phenoxy) is 1. The highest BCUT2D eigenvalue weighted by molar-refractivity contribution is 6.30. The Kier molecular flexibility index (Phi) is 6.46. The van der Waals surface area contributed by atoms with Crippen LogP contribution >= 0.6 is 11.6 Å². The minimum absolute atomic E-state index is 0.0850. The minimum Gasteiger partial charge on any atom is -0.462 e. The lowest BCUT2D eigenvalue weighted by molar-refractivity contribution is -0.123. The summed E-state index contributed by atoms with van der Waals surface area (Å²) in [5.74, 6) is -0.497. The van der Waals surface area contributed by atoms with E-state index >= 15 is 0 Å². The molecule has 33 heavy (non-hydrogen) atoms. The molecule has 2 heterocycles. The molecule has 1 aliphatic heterocycles. The fourth-order valence-electron chi connectivity index (χ4n) is 3.80. The van der Waals surface area contributed by atoms with E-state index in [9.17, 15) is 14.4 Å². The topological polar surface area (TPSA) is 102 Å². The van der Waals surface area contributed by atoms with Gasteiger partial charge in [0.25, 0.3) is 5.91 Å². The number of anilines is 2. The molecular formula is C24H23ClN4O4. The number of esters is 1. The number of hydrogen-bond donors (Lipinski definition) is 2. The summed E-state index contributed by atoms with van der Waals surface area (Å²) in [5.41, 5.74) is 3.39. The lowest BCUT2D eigenvalue weighted by atomic mass is 10.0. The number of nitrogens with one attached hydrogen (secondary N) is 2. The molecule has 0 saturated heterocycles. The number of aryl methyl sites for hydroxylation is 1. The van der Waals surface area contributed by atoms with Crippen molar-refractivity contribution in [2.45, 2.75) is 32.7 Å². The molecule has 9 heteroatoms. The summed E-state index contributed by atoms with van der Waals surface area (Å²) >= 11 is 6.16. The predicted octanol–water partition coefficient (Wildman–Crippen LogP) is 4.46. The van der Waals surface area contributed by atoms with Crippen molar-refractivity contribution >= 4 is 40.9 Å². The second-order valence-electron chi connectivity index (χ2n) is 7.53. The largest absolute Gasteiger partial charge is 0.462 e. The molecule has 0 fully saturated rings.